The Hall–Kier alpha value is -2.44. The maximum Gasteiger partial charge on any atom is 0.250 e. The molecule has 1 N–H and O–H groups in total. The molecule has 0 aliphatic rings. The molecule has 1 aromatic heterocycles. The third kappa shape index (κ3) is 5.30. The number of benzene rings is 2. The minimum absolute atomic E-state index is 0.127. The molecule has 7 heteroatoms. The van der Waals surface area contributed by atoms with Gasteiger partial charge in [0.25, 0.3) is 5.56 Å². The molecule has 0 spiro atoms. The summed E-state index contributed by atoms with van der Waals surface area (Å²) in [6.45, 7) is 0.298. The van der Waals surface area contributed by atoms with Crippen LogP contribution in [0.1, 0.15) is 17.5 Å². The van der Waals surface area contributed by atoms with E-state index in [1.54, 1.807) is 30.5 Å². The van der Waals surface area contributed by atoms with Crippen molar-refractivity contribution in [2.45, 2.75) is 19.4 Å². The molecule has 144 valence electrons. The van der Waals surface area contributed by atoms with E-state index in [2.05, 4.69) is 21.2 Å². The lowest BCUT2D eigenvalue weighted by atomic mass is 10.1. The van der Waals surface area contributed by atoms with Crippen LogP contribution in [0.15, 0.2) is 70.1 Å². The van der Waals surface area contributed by atoms with Crippen molar-refractivity contribution in [1.82, 2.24) is 4.57 Å². The summed E-state index contributed by atoms with van der Waals surface area (Å²) in [5.41, 5.74) is 1.57. The molecule has 0 aliphatic carbocycles. The Kier molecular flexibility index (Phi) is 6.65. The summed E-state index contributed by atoms with van der Waals surface area (Å²) in [5.74, 6) is -0.610. The third-order valence-electron chi connectivity index (χ3n) is 4.20. The van der Waals surface area contributed by atoms with E-state index in [0.717, 1.165) is 5.56 Å². The zero-order valence-corrected chi connectivity index (χ0v) is 17.1. The number of carbonyl (C=O) groups excluding carboxylic acids is 1. The normalized spacial score (nSPS) is 10.7. The van der Waals surface area contributed by atoms with E-state index in [1.165, 1.54) is 16.7 Å². The number of halogens is 3. The molecule has 0 saturated heterocycles. The van der Waals surface area contributed by atoms with E-state index < -0.39 is 0 Å². The molecule has 0 saturated carbocycles. The van der Waals surface area contributed by atoms with Crippen LogP contribution in [-0.4, -0.2) is 10.5 Å². The van der Waals surface area contributed by atoms with Crippen molar-refractivity contribution >= 4 is 39.1 Å². The zero-order valence-electron chi connectivity index (χ0n) is 14.8. The Bertz CT molecular complexity index is 1070. The lowest BCUT2D eigenvalue weighted by Crippen LogP contribution is -2.21. The number of aromatic nitrogens is 1. The highest BCUT2D eigenvalue weighted by atomic mass is 79.9. The molecule has 0 atom stereocenters. The second-order valence-electron chi connectivity index (χ2n) is 6.26. The predicted molar refractivity (Wildman–Crippen MR) is 112 cm³/mol. The summed E-state index contributed by atoms with van der Waals surface area (Å²) < 4.78 is 16.0. The number of hydrogen-bond donors (Lipinski definition) is 1. The predicted octanol–water partition coefficient (Wildman–Crippen LogP) is 5.02. The van der Waals surface area contributed by atoms with E-state index in [-0.39, 0.29) is 30.1 Å². The fourth-order valence-corrected chi connectivity index (χ4v) is 3.26. The quantitative estimate of drug-likeness (QED) is 0.558. The van der Waals surface area contributed by atoms with E-state index in [0.29, 0.717) is 27.3 Å². The fourth-order valence-electron chi connectivity index (χ4n) is 2.74. The highest BCUT2D eigenvalue weighted by molar-refractivity contribution is 9.10. The fraction of sp³-hybridized carbons (Fsp3) is 0.143. The first kappa shape index (κ1) is 20.3. The Morgan fingerprint density at radius 3 is 2.64 bits per heavy atom. The van der Waals surface area contributed by atoms with Gasteiger partial charge in [0, 0.05) is 28.2 Å². The molecule has 28 heavy (non-hydrogen) atoms. The molecule has 0 unspecified atom stereocenters. The molecule has 1 heterocycles. The largest absolute Gasteiger partial charge is 0.325 e. The van der Waals surface area contributed by atoms with E-state index in [4.69, 9.17) is 11.6 Å². The summed E-state index contributed by atoms with van der Waals surface area (Å²) in [4.78, 5) is 24.3. The number of rotatable bonds is 6. The van der Waals surface area contributed by atoms with Crippen LogP contribution >= 0.6 is 27.5 Å². The average Bonchev–Trinajstić information content (AvgIpc) is 2.65. The molecule has 2 aromatic carbocycles. The summed E-state index contributed by atoms with van der Waals surface area (Å²) in [6.07, 6.45) is 1.98. The molecule has 1 amide bonds. The van der Waals surface area contributed by atoms with Gasteiger partial charge in [-0.05, 0) is 41.8 Å². The molecule has 3 rings (SSSR count). The van der Waals surface area contributed by atoms with Crippen LogP contribution < -0.4 is 10.9 Å². The van der Waals surface area contributed by atoms with Crippen LogP contribution in [-0.2, 0) is 17.8 Å². The number of amides is 1. The number of pyridine rings is 1. The van der Waals surface area contributed by atoms with Crippen molar-refractivity contribution in [3.8, 4) is 0 Å². The van der Waals surface area contributed by atoms with Gasteiger partial charge in [0.2, 0.25) is 5.91 Å². The SMILES string of the molecule is O=C(CCc1ccc(Br)cc1F)Nc1ccc(=O)n(Cc2ccccc2Cl)c1. The van der Waals surface area contributed by atoms with Crippen LogP contribution in [0.4, 0.5) is 10.1 Å². The van der Waals surface area contributed by atoms with Gasteiger partial charge >= 0.3 is 0 Å². The van der Waals surface area contributed by atoms with Crippen molar-refractivity contribution in [3.63, 3.8) is 0 Å². The topological polar surface area (TPSA) is 51.1 Å². The lowest BCUT2D eigenvalue weighted by molar-refractivity contribution is -0.116. The minimum Gasteiger partial charge on any atom is -0.325 e. The first-order valence-electron chi connectivity index (χ1n) is 8.60. The second-order valence-corrected chi connectivity index (χ2v) is 7.58. The molecule has 0 fully saturated rings. The number of nitrogens with one attached hydrogen (secondary N) is 1. The van der Waals surface area contributed by atoms with Crippen LogP contribution in [0.5, 0.6) is 0 Å². The molecular formula is C21H17BrClFN2O2. The van der Waals surface area contributed by atoms with E-state index in [1.807, 2.05) is 18.2 Å². The second kappa shape index (κ2) is 9.17. The van der Waals surface area contributed by atoms with E-state index in [9.17, 15) is 14.0 Å². The van der Waals surface area contributed by atoms with Crippen molar-refractivity contribution in [3.05, 3.63) is 97.6 Å². The van der Waals surface area contributed by atoms with Gasteiger partial charge in [-0.25, -0.2) is 4.39 Å². The number of anilines is 1. The Labute approximate surface area is 175 Å². The standard InChI is InChI=1S/C21H17BrClFN2O2/c22-16-7-5-14(19(24)11-16)6-9-20(27)25-17-8-10-21(28)26(13-17)12-15-3-1-2-4-18(15)23/h1-5,7-8,10-11,13H,6,9,12H2,(H,25,27). The molecule has 3 aromatic rings. The van der Waals surface area contributed by atoms with Gasteiger partial charge in [-0.2, -0.15) is 0 Å². The summed E-state index contributed by atoms with van der Waals surface area (Å²) in [5, 5.41) is 3.32. The maximum absolute atomic E-state index is 13.9. The van der Waals surface area contributed by atoms with Crippen molar-refractivity contribution in [2.24, 2.45) is 0 Å². The first-order chi connectivity index (χ1) is 13.4. The van der Waals surface area contributed by atoms with Crippen molar-refractivity contribution in [1.29, 1.82) is 0 Å². The average molecular weight is 464 g/mol. The van der Waals surface area contributed by atoms with E-state index >= 15 is 0 Å². The van der Waals surface area contributed by atoms with Gasteiger partial charge in [-0.15, -0.1) is 0 Å². The first-order valence-corrected chi connectivity index (χ1v) is 9.77. The molecule has 4 nitrogen and oxygen atoms in total. The molecular weight excluding hydrogens is 447 g/mol. The Balaban J connectivity index is 1.66. The van der Waals surface area contributed by atoms with Crippen LogP contribution in [0.2, 0.25) is 5.02 Å². The highest BCUT2D eigenvalue weighted by Gasteiger charge is 2.09. The van der Waals surface area contributed by atoms with Crippen LogP contribution in [0, 0.1) is 5.82 Å². The monoisotopic (exact) mass is 462 g/mol. The summed E-state index contributed by atoms with van der Waals surface area (Å²) in [7, 11) is 0. The van der Waals surface area contributed by atoms with Crippen molar-refractivity contribution < 1.29 is 9.18 Å². The number of hydrogen-bond acceptors (Lipinski definition) is 2. The number of nitrogens with zero attached hydrogens (tertiary/aromatic N) is 1. The molecule has 0 bridgehead atoms. The number of aryl methyl sites for hydroxylation is 1. The van der Waals surface area contributed by atoms with Gasteiger partial charge in [-0.1, -0.05) is 51.8 Å². The van der Waals surface area contributed by atoms with Crippen LogP contribution in [0.25, 0.3) is 0 Å². The van der Waals surface area contributed by atoms with Gasteiger partial charge in [0.1, 0.15) is 5.82 Å². The maximum atomic E-state index is 13.9. The van der Waals surface area contributed by atoms with Gasteiger partial charge in [-0.3, -0.25) is 9.59 Å². The third-order valence-corrected chi connectivity index (χ3v) is 5.06. The molecule has 0 aliphatic heterocycles. The van der Waals surface area contributed by atoms with Gasteiger partial charge < -0.3 is 9.88 Å². The zero-order chi connectivity index (χ0) is 20.1. The highest BCUT2D eigenvalue weighted by Crippen LogP contribution is 2.18. The lowest BCUT2D eigenvalue weighted by Gasteiger charge is -2.11. The summed E-state index contributed by atoms with van der Waals surface area (Å²) >= 11 is 9.36. The van der Waals surface area contributed by atoms with Crippen LogP contribution in [0.3, 0.4) is 0 Å². The van der Waals surface area contributed by atoms with Crippen molar-refractivity contribution in [2.75, 3.05) is 5.32 Å². The smallest absolute Gasteiger partial charge is 0.250 e. The van der Waals surface area contributed by atoms with Gasteiger partial charge in [0.15, 0.2) is 0 Å². The number of carbonyl (C=O) groups is 1. The Morgan fingerprint density at radius 1 is 1.11 bits per heavy atom. The molecule has 0 radical (unpaired) electrons. The summed E-state index contributed by atoms with van der Waals surface area (Å²) in [6, 6.07) is 15.0. The minimum atomic E-state index is -0.351. The van der Waals surface area contributed by atoms with Gasteiger partial charge in [0.05, 0.1) is 12.2 Å². The Morgan fingerprint density at radius 2 is 1.89 bits per heavy atom.